The van der Waals surface area contributed by atoms with Gasteiger partial charge in [-0.15, -0.1) is 0 Å². The maximum atomic E-state index is 13.7. The number of hydrogen-bond donors (Lipinski definition) is 2. The Balaban J connectivity index is 2.07. The summed E-state index contributed by atoms with van der Waals surface area (Å²) < 4.78 is 60.2. The van der Waals surface area contributed by atoms with E-state index in [1.54, 1.807) is 0 Å². The number of carbonyl (C=O) groups is 1. The molecule has 23 heavy (non-hydrogen) atoms. The van der Waals surface area contributed by atoms with Crippen LogP contribution in [0.15, 0.2) is 34.9 Å². The Labute approximate surface area is 127 Å². The zero-order chi connectivity index (χ0) is 17.0. The van der Waals surface area contributed by atoms with Crippen molar-refractivity contribution >= 4 is 5.91 Å². The van der Waals surface area contributed by atoms with Crippen LogP contribution in [0.4, 0.5) is 17.6 Å². The van der Waals surface area contributed by atoms with Gasteiger partial charge in [0, 0.05) is 12.1 Å². The molecule has 1 heterocycles. The maximum Gasteiger partial charge on any atom is 0.387 e. The number of alkyl halides is 2. The van der Waals surface area contributed by atoms with Gasteiger partial charge in [-0.2, -0.15) is 8.78 Å². The van der Waals surface area contributed by atoms with E-state index >= 15 is 0 Å². The molecule has 0 fully saturated rings. The average Bonchev–Trinajstić information content (AvgIpc) is 2.97. The number of benzene rings is 1. The van der Waals surface area contributed by atoms with Crippen LogP contribution in [0.5, 0.6) is 5.75 Å². The Morgan fingerprint density at radius 2 is 1.96 bits per heavy atom. The molecule has 1 aromatic heterocycles. The lowest BCUT2D eigenvalue weighted by Gasteiger charge is -2.12. The Morgan fingerprint density at radius 1 is 1.30 bits per heavy atom. The summed E-state index contributed by atoms with van der Waals surface area (Å²) in [6, 6.07) is 3.90. The lowest BCUT2D eigenvalue weighted by atomic mass is 10.1. The number of nitrogens with one attached hydrogen (secondary N) is 1. The number of ether oxygens (including phenoxy) is 1. The number of aliphatic hydroxyl groups excluding tert-OH is 1. The first-order valence-electron chi connectivity index (χ1n) is 6.32. The number of rotatable bonds is 6. The lowest BCUT2D eigenvalue weighted by Crippen LogP contribution is -2.29. The first kappa shape index (κ1) is 16.8. The highest BCUT2D eigenvalue weighted by molar-refractivity contribution is 5.94. The molecule has 124 valence electrons. The molecular formula is C14H11F4NO4. The molecule has 1 amide bonds. The van der Waals surface area contributed by atoms with E-state index in [0.29, 0.717) is 12.1 Å². The molecule has 0 spiro atoms. The zero-order valence-corrected chi connectivity index (χ0v) is 11.4. The van der Waals surface area contributed by atoms with E-state index < -0.39 is 41.6 Å². The first-order valence-corrected chi connectivity index (χ1v) is 6.32. The van der Waals surface area contributed by atoms with Gasteiger partial charge in [-0.25, -0.2) is 8.78 Å². The lowest BCUT2D eigenvalue weighted by molar-refractivity contribution is -0.0501. The Morgan fingerprint density at radius 3 is 2.48 bits per heavy atom. The topological polar surface area (TPSA) is 71.7 Å². The van der Waals surface area contributed by atoms with Crippen LogP contribution in [-0.2, 0) is 0 Å². The van der Waals surface area contributed by atoms with Gasteiger partial charge in [0.25, 0.3) is 5.91 Å². The van der Waals surface area contributed by atoms with Crippen LogP contribution in [-0.4, -0.2) is 24.2 Å². The Kier molecular flexibility index (Phi) is 5.22. The minimum atomic E-state index is -3.25. The first-order chi connectivity index (χ1) is 10.9. The average molecular weight is 333 g/mol. The van der Waals surface area contributed by atoms with Crippen molar-refractivity contribution in [3.8, 4) is 5.75 Å². The summed E-state index contributed by atoms with van der Waals surface area (Å²) in [5, 5.41) is 11.8. The SMILES string of the molecule is O=C(NCC(O)c1ccco1)c1c(F)cc(OC(F)F)cc1F. The minimum absolute atomic E-state index is 0.159. The molecule has 2 N–H and O–H groups in total. The van der Waals surface area contributed by atoms with Crippen LogP contribution in [0.25, 0.3) is 0 Å². The minimum Gasteiger partial charge on any atom is -0.467 e. The number of amides is 1. The fraction of sp³-hybridized carbons (Fsp3) is 0.214. The van der Waals surface area contributed by atoms with Gasteiger partial charge >= 0.3 is 6.61 Å². The summed E-state index contributed by atoms with van der Waals surface area (Å²) in [5.74, 6) is -4.49. The molecule has 0 aliphatic heterocycles. The largest absolute Gasteiger partial charge is 0.467 e. The molecular weight excluding hydrogens is 322 g/mol. The van der Waals surface area contributed by atoms with Crippen LogP contribution >= 0.6 is 0 Å². The summed E-state index contributed by atoms with van der Waals surface area (Å²) in [4.78, 5) is 11.8. The molecule has 0 aliphatic rings. The third-order valence-corrected chi connectivity index (χ3v) is 2.80. The highest BCUT2D eigenvalue weighted by Gasteiger charge is 2.21. The summed E-state index contributed by atoms with van der Waals surface area (Å²) in [5.41, 5.74) is -0.974. The van der Waals surface area contributed by atoms with E-state index in [9.17, 15) is 27.5 Å². The zero-order valence-electron chi connectivity index (χ0n) is 11.4. The summed E-state index contributed by atoms with van der Waals surface area (Å²) in [6.45, 7) is -3.61. The predicted molar refractivity (Wildman–Crippen MR) is 69.0 cm³/mol. The molecule has 0 saturated heterocycles. The van der Waals surface area contributed by atoms with Crippen molar-refractivity contribution < 1.29 is 36.6 Å². The van der Waals surface area contributed by atoms with Crippen molar-refractivity contribution in [1.29, 1.82) is 0 Å². The second-order valence-corrected chi connectivity index (χ2v) is 4.38. The molecule has 2 aromatic rings. The van der Waals surface area contributed by atoms with Crippen molar-refractivity contribution in [2.45, 2.75) is 12.7 Å². The smallest absolute Gasteiger partial charge is 0.387 e. The van der Waals surface area contributed by atoms with Crippen LogP contribution in [0.2, 0.25) is 0 Å². The molecule has 0 aliphatic carbocycles. The number of furan rings is 1. The molecule has 2 rings (SSSR count). The van der Waals surface area contributed by atoms with Crippen LogP contribution in [0, 0.1) is 11.6 Å². The standard InChI is InChI=1S/C14H11F4NO4/c15-8-4-7(23-14(17)18)5-9(16)12(8)13(21)19-6-10(20)11-2-1-3-22-11/h1-5,10,14,20H,6H2,(H,19,21). The molecule has 1 atom stereocenters. The summed E-state index contributed by atoms with van der Waals surface area (Å²) in [6.07, 6.45) is 0.100. The Hall–Kier alpha value is -2.55. The van der Waals surface area contributed by atoms with Gasteiger partial charge in [0.15, 0.2) is 0 Å². The molecule has 0 saturated carbocycles. The van der Waals surface area contributed by atoms with Gasteiger partial charge in [0.05, 0.1) is 12.8 Å². The highest BCUT2D eigenvalue weighted by atomic mass is 19.3. The van der Waals surface area contributed by atoms with E-state index in [0.717, 1.165) is 0 Å². The van der Waals surface area contributed by atoms with Crippen molar-refractivity contribution in [1.82, 2.24) is 5.32 Å². The van der Waals surface area contributed by atoms with Gasteiger partial charge < -0.3 is 19.6 Å². The number of carbonyl (C=O) groups excluding carboxylic acids is 1. The van der Waals surface area contributed by atoms with Crippen molar-refractivity contribution in [2.24, 2.45) is 0 Å². The Bertz CT molecular complexity index is 652. The van der Waals surface area contributed by atoms with E-state index in [1.807, 2.05) is 0 Å². The number of halogens is 4. The molecule has 0 bridgehead atoms. The van der Waals surface area contributed by atoms with Gasteiger partial charge in [-0.3, -0.25) is 4.79 Å². The molecule has 9 heteroatoms. The second-order valence-electron chi connectivity index (χ2n) is 4.38. The number of hydrogen-bond acceptors (Lipinski definition) is 4. The predicted octanol–water partition coefficient (Wildman–Crippen LogP) is 2.62. The van der Waals surface area contributed by atoms with Gasteiger partial charge in [0.1, 0.15) is 34.8 Å². The highest BCUT2D eigenvalue weighted by Crippen LogP contribution is 2.22. The summed E-state index contributed by atoms with van der Waals surface area (Å²) >= 11 is 0. The summed E-state index contributed by atoms with van der Waals surface area (Å²) in [7, 11) is 0. The third kappa shape index (κ3) is 4.22. The van der Waals surface area contributed by atoms with Crippen LogP contribution in [0.3, 0.4) is 0 Å². The molecule has 1 unspecified atom stereocenters. The fourth-order valence-electron chi connectivity index (χ4n) is 1.80. The van der Waals surface area contributed by atoms with Crippen LogP contribution in [0.1, 0.15) is 22.2 Å². The quantitative estimate of drug-likeness (QED) is 0.797. The van der Waals surface area contributed by atoms with Gasteiger partial charge in [0.2, 0.25) is 0 Å². The molecule has 5 nitrogen and oxygen atoms in total. The number of aliphatic hydroxyl groups is 1. The van der Waals surface area contributed by atoms with E-state index in [4.69, 9.17) is 4.42 Å². The maximum absolute atomic E-state index is 13.7. The van der Waals surface area contributed by atoms with E-state index in [-0.39, 0.29) is 12.3 Å². The van der Waals surface area contributed by atoms with Crippen molar-refractivity contribution in [2.75, 3.05) is 6.54 Å². The van der Waals surface area contributed by atoms with Crippen molar-refractivity contribution in [3.63, 3.8) is 0 Å². The van der Waals surface area contributed by atoms with Crippen LogP contribution < -0.4 is 10.1 Å². The normalized spacial score (nSPS) is 12.3. The van der Waals surface area contributed by atoms with E-state index in [1.165, 1.54) is 18.4 Å². The van der Waals surface area contributed by atoms with E-state index in [2.05, 4.69) is 10.1 Å². The molecule has 1 aromatic carbocycles. The van der Waals surface area contributed by atoms with Gasteiger partial charge in [-0.05, 0) is 12.1 Å². The second kappa shape index (κ2) is 7.14. The van der Waals surface area contributed by atoms with Crippen molar-refractivity contribution in [3.05, 3.63) is 53.5 Å². The monoisotopic (exact) mass is 333 g/mol. The third-order valence-electron chi connectivity index (χ3n) is 2.80. The molecule has 0 radical (unpaired) electrons. The fourth-order valence-corrected chi connectivity index (χ4v) is 1.80. The van der Waals surface area contributed by atoms with Gasteiger partial charge in [-0.1, -0.05) is 0 Å².